The summed E-state index contributed by atoms with van der Waals surface area (Å²) < 4.78 is 0.872. The van der Waals surface area contributed by atoms with Gasteiger partial charge in [-0.15, -0.1) is 0 Å². The largest absolute Gasteiger partial charge is 0.478 e. The summed E-state index contributed by atoms with van der Waals surface area (Å²) in [7, 11) is 0. The van der Waals surface area contributed by atoms with Crippen LogP contribution < -0.4 is 0 Å². The van der Waals surface area contributed by atoms with Gasteiger partial charge in [-0.25, -0.2) is 4.79 Å². The van der Waals surface area contributed by atoms with Crippen molar-refractivity contribution in [1.82, 2.24) is 0 Å². The van der Waals surface area contributed by atoms with E-state index in [0.717, 1.165) is 3.57 Å². The van der Waals surface area contributed by atoms with E-state index in [9.17, 15) is 4.79 Å². The van der Waals surface area contributed by atoms with Gasteiger partial charge in [0, 0.05) is 3.57 Å². The summed E-state index contributed by atoms with van der Waals surface area (Å²) in [6.07, 6.45) is 0. The van der Waals surface area contributed by atoms with Crippen LogP contribution in [0, 0.1) is 10.5 Å². The van der Waals surface area contributed by atoms with E-state index in [1.165, 1.54) is 0 Å². The number of carbonyl (C=O) groups is 1. The van der Waals surface area contributed by atoms with Crippen LogP contribution >= 0.6 is 34.2 Å². The Morgan fingerprint density at radius 2 is 2.17 bits per heavy atom. The van der Waals surface area contributed by atoms with Crippen molar-refractivity contribution in [1.29, 1.82) is 0 Å². The maximum atomic E-state index is 10.6. The predicted molar refractivity (Wildman–Crippen MR) is 55.9 cm³/mol. The van der Waals surface area contributed by atoms with Gasteiger partial charge < -0.3 is 5.11 Å². The number of carboxylic acids is 1. The average molecular weight is 296 g/mol. The lowest BCUT2D eigenvalue weighted by Gasteiger charge is -2.03. The second-order valence-electron chi connectivity index (χ2n) is 2.34. The summed E-state index contributed by atoms with van der Waals surface area (Å²) in [5.74, 6) is -0.939. The molecule has 0 aromatic heterocycles. The minimum Gasteiger partial charge on any atom is -0.478 e. The van der Waals surface area contributed by atoms with E-state index in [2.05, 4.69) is 22.6 Å². The van der Waals surface area contributed by atoms with E-state index in [0.29, 0.717) is 10.6 Å². The molecule has 0 unspecified atom stereocenters. The van der Waals surface area contributed by atoms with Crippen LogP contribution in [0.25, 0.3) is 0 Å². The van der Waals surface area contributed by atoms with Crippen LogP contribution in [0.3, 0.4) is 0 Å². The standard InChI is InChI=1S/C8H6ClIO2/c1-4-5(8(11)12)2-3-6(10)7(4)9/h2-3H,1H3,(H,11,12). The summed E-state index contributed by atoms with van der Waals surface area (Å²) in [5.41, 5.74) is 0.886. The van der Waals surface area contributed by atoms with E-state index in [1.54, 1.807) is 19.1 Å². The number of aromatic carboxylic acids is 1. The lowest BCUT2D eigenvalue weighted by Crippen LogP contribution is -2.00. The maximum Gasteiger partial charge on any atom is 0.336 e. The molecule has 64 valence electrons. The third-order valence-corrected chi connectivity index (χ3v) is 3.27. The predicted octanol–water partition coefficient (Wildman–Crippen LogP) is 2.95. The Balaban J connectivity index is 3.36. The second-order valence-corrected chi connectivity index (χ2v) is 3.88. The highest BCUT2D eigenvalue weighted by Crippen LogP contribution is 2.25. The van der Waals surface area contributed by atoms with E-state index >= 15 is 0 Å². The highest BCUT2D eigenvalue weighted by Gasteiger charge is 2.10. The number of rotatable bonds is 1. The molecule has 0 bridgehead atoms. The molecule has 12 heavy (non-hydrogen) atoms. The van der Waals surface area contributed by atoms with Crippen molar-refractivity contribution in [3.8, 4) is 0 Å². The van der Waals surface area contributed by atoms with E-state index < -0.39 is 5.97 Å². The molecule has 0 radical (unpaired) electrons. The van der Waals surface area contributed by atoms with Gasteiger partial charge in [0.15, 0.2) is 0 Å². The molecule has 0 saturated carbocycles. The van der Waals surface area contributed by atoms with Crippen LogP contribution in [0.4, 0.5) is 0 Å². The zero-order chi connectivity index (χ0) is 9.30. The molecule has 4 heteroatoms. The number of carboxylic acid groups (broad SMARTS) is 1. The fourth-order valence-corrected chi connectivity index (χ4v) is 1.63. The summed E-state index contributed by atoms with van der Waals surface area (Å²) in [6.45, 7) is 1.70. The van der Waals surface area contributed by atoms with Gasteiger partial charge in [-0.05, 0) is 47.2 Å². The normalized spacial score (nSPS) is 9.92. The Labute approximate surface area is 88.7 Å². The first-order chi connectivity index (χ1) is 5.54. The zero-order valence-electron chi connectivity index (χ0n) is 6.27. The summed E-state index contributed by atoms with van der Waals surface area (Å²) in [5, 5.41) is 9.24. The minimum atomic E-state index is -0.939. The minimum absolute atomic E-state index is 0.264. The molecule has 0 fully saturated rings. The molecule has 2 nitrogen and oxygen atoms in total. The summed E-state index contributed by atoms with van der Waals surface area (Å²) in [4.78, 5) is 10.6. The zero-order valence-corrected chi connectivity index (χ0v) is 9.18. The third kappa shape index (κ3) is 1.72. The van der Waals surface area contributed by atoms with Crippen molar-refractivity contribution in [2.75, 3.05) is 0 Å². The van der Waals surface area contributed by atoms with Gasteiger partial charge in [0.25, 0.3) is 0 Å². The maximum absolute atomic E-state index is 10.6. The van der Waals surface area contributed by atoms with Gasteiger partial charge in [-0.1, -0.05) is 11.6 Å². The molecule has 0 aliphatic rings. The van der Waals surface area contributed by atoms with Crippen LogP contribution in [0.2, 0.25) is 5.02 Å². The van der Waals surface area contributed by atoms with Crippen LogP contribution in [0.15, 0.2) is 12.1 Å². The van der Waals surface area contributed by atoms with Crippen molar-refractivity contribution in [3.63, 3.8) is 0 Å². The fourth-order valence-electron chi connectivity index (χ4n) is 0.884. The molecule has 0 aliphatic heterocycles. The molecule has 0 heterocycles. The third-order valence-electron chi connectivity index (χ3n) is 1.57. The van der Waals surface area contributed by atoms with E-state index in [1.807, 2.05) is 0 Å². The smallest absolute Gasteiger partial charge is 0.336 e. The first-order valence-corrected chi connectivity index (χ1v) is 4.67. The Bertz CT molecular complexity index is 336. The molecular formula is C8H6ClIO2. The number of halogens is 2. The first-order valence-electron chi connectivity index (χ1n) is 3.22. The number of hydrogen-bond acceptors (Lipinski definition) is 1. The molecular weight excluding hydrogens is 290 g/mol. The van der Waals surface area contributed by atoms with Crippen molar-refractivity contribution < 1.29 is 9.90 Å². The molecule has 0 aliphatic carbocycles. The molecule has 1 aromatic carbocycles. The van der Waals surface area contributed by atoms with Gasteiger partial charge in [0.1, 0.15) is 0 Å². The molecule has 1 rings (SSSR count). The SMILES string of the molecule is Cc1c(C(=O)O)ccc(I)c1Cl. The van der Waals surface area contributed by atoms with E-state index in [4.69, 9.17) is 16.7 Å². The fraction of sp³-hybridized carbons (Fsp3) is 0.125. The van der Waals surface area contributed by atoms with Gasteiger partial charge in [-0.2, -0.15) is 0 Å². The molecule has 0 atom stereocenters. The van der Waals surface area contributed by atoms with Gasteiger partial charge in [0.05, 0.1) is 10.6 Å². The first kappa shape index (κ1) is 9.80. The monoisotopic (exact) mass is 296 g/mol. The Hall–Kier alpha value is -0.290. The Morgan fingerprint density at radius 1 is 1.58 bits per heavy atom. The topological polar surface area (TPSA) is 37.3 Å². The van der Waals surface area contributed by atoms with Crippen LogP contribution in [-0.4, -0.2) is 11.1 Å². The van der Waals surface area contributed by atoms with Crippen LogP contribution in [0.5, 0.6) is 0 Å². The van der Waals surface area contributed by atoms with Crippen molar-refractivity contribution in [2.24, 2.45) is 0 Å². The Kier molecular flexibility index (Phi) is 2.95. The number of hydrogen-bond donors (Lipinski definition) is 1. The Morgan fingerprint density at radius 3 is 2.67 bits per heavy atom. The van der Waals surface area contributed by atoms with Gasteiger partial charge >= 0.3 is 5.97 Å². The highest BCUT2D eigenvalue weighted by atomic mass is 127. The molecule has 1 aromatic rings. The highest BCUT2D eigenvalue weighted by molar-refractivity contribution is 14.1. The summed E-state index contributed by atoms with van der Waals surface area (Å²) in [6, 6.07) is 3.25. The van der Waals surface area contributed by atoms with Gasteiger partial charge in [-0.3, -0.25) is 0 Å². The quantitative estimate of drug-likeness (QED) is 0.809. The van der Waals surface area contributed by atoms with E-state index in [-0.39, 0.29) is 5.56 Å². The van der Waals surface area contributed by atoms with Gasteiger partial charge in [0.2, 0.25) is 0 Å². The van der Waals surface area contributed by atoms with Crippen molar-refractivity contribution in [2.45, 2.75) is 6.92 Å². The van der Waals surface area contributed by atoms with Crippen LogP contribution in [0.1, 0.15) is 15.9 Å². The lowest BCUT2D eigenvalue weighted by atomic mass is 10.1. The second kappa shape index (κ2) is 3.62. The molecule has 0 amide bonds. The molecule has 1 N–H and O–H groups in total. The molecule has 0 spiro atoms. The summed E-state index contributed by atoms with van der Waals surface area (Å²) >= 11 is 7.92. The molecule has 0 saturated heterocycles. The average Bonchev–Trinajstić information content (AvgIpc) is 2.00. The number of benzene rings is 1. The van der Waals surface area contributed by atoms with Crippen molar-refractivity contribution in [3.05, 3.63) is 31.9 Å². The van der Waals surface area contributed by atoms with Crippen molar-refractivity contribution >= 4 is 40.2 Å². The van der Waals surface area contributed by atoms with Crippen LogP contribution in [-0.2, 0) is 0 Å². The lowest BCUT2D eigenvalue weighted by molar-refractivity contribution is 0.0696.